The molecule has 0 bridgehead atoms. The van der Waals surface area contributed by atoms with Gasteiger partial charge in [-0.25, -0.2) is 4.79 Å². The Balaban J connectivity index is 1.71. The van der Waals surface area contributed by atoms with Crippen LogP contribution in [0.2, 0.25) is 0 Å². The standard InChI is InChI=1S/C15H27N5O/c1-11-12(10-17-19-11)9-16-14(21)18-13-5-7-20(8-6-13)15(2,3)4/h10,13H,5-9H2,1-4H3,(H,17,19)(H2,16,18,21). The number of carbonyl (C=O) groups is 1. The first-order valence-electron chi connectivity index (χ1n) is 7.64. The Hall–Kier alpha value is -1.56. The third-order valence-corrected chi connectivity index (χ3v) is 4.15. The molecular weight excluding hydrogens is 266 g/mol. The van der Waals surface area contributed by atoms with Crippen LogP contribution in [0.25, 0.3) is 0 Å². The van der Waals surface area contributed by atoms with Crippen LogP contribution in [0.15, 0.2) is 6.20 Å². The van der Waals surface area contributed by atoms with Crippen LogP contribution in [0, 0.1) is 6.92 Å². The maximum atomic E-state index is 11.9. The molecule has 0 aliphatic carbocycles. The summed E-state index contributed by atoms with van der Waals surface area (Å²) in [5, 5.41) is 12.8. The summed E-state index contributed by atoms with van der Waals surface area (Å²) in [6.45, 7) is 11.2. The van der Waals surface area contributed by atoms with E-state index in [1.807, 2.05) is 6.92 Å². The number of aromatic amines is 1. The lowest BCUT2D eigenvalue weighted by atomic mass is 9.98. The van der Waals surface area contributed by atoms with Crippen LogP contribution in [0.1, 0.15) is 44.9 Å². The van der Waals surface area contributed by atoms with Crippen LogP contribution in [0.3, 0.4) is 0 Å². The highest BCUT2D eigenvalue weighted by atomic mass is 16.2. The molecule has 2 heterocycles. The minimum Gasteiger partial charge on any atom is -0.335 e. The highest BCUT2D eigenvalue weighted by molar-refractivity contribution is 5.74. The molecule has 6 heteroatoms. The van der Waals surface area contributed by atoms with Gasteiger partial charge in [-0.05, 0) is 40.5 Å². The lowest BCUT2D eigenvalue weighted by Gasteiger charge is -2.41. The minimum atomic E-state index is -0.0928. The second-order valence-electron chi connectivity index (χ2n) is 6.78. The topological polar surface area (TPSA) is 73.0 Å². The van der Waals surface area contributed by atoms with E-state index in [0.29, 0.717) is 6.54 Å². The van der Waals surface area contributed by atoms with E-state index >= 15 is 0 Å². The molecule has 1 aromatic rings. The predicted molar refractivity (Wildman–Crippen MR) is 83.0 cm³/mol. The van der Waals surface area contributed by atoms with E-state index in [9.17, 15) is 4.79 Å². The van der Waals surface area contributed by atoms with Gasteiger partial charge in [0, 0.05) is 42.5 Å². The molecule has 0 aromatic carbocycles. The largest absolute Gasteiger partial charge is 0.335 e. The number of H-pyrrole nitrogens is 1. The summed E-state index contributed by atoms with van der Waals surface area (Å²) in [5.41, 5.74) is 2.23. The number of nitrogens with zero attached hydrogens (tertiary/aromatic N) is 2. The molecule has 1 fully saturated rings. The van der Waals surface area contributed by atoms with Crippen molar-refractivity contribution in [1.82, 2.24) is 25.7 Å². The Kier molecular flexibility index (Phi) is 4.88. The minimum absolute atomic E-state index is 0.0928. The molecule has 1 aromatic heterocycles. The molecule has 2 amide bonds. The van der Waals surface area contributed by atoms with E-state index in [-0.39, 0.29) is 17.6 Å². The SMILES string of the molecule is Cc1[nH]ncc1CNC(=O)NC1CCN(C(C)(C)C)CC1. The van der Waals surface area contributed by atoms with E-state index in [1.165, 1.54) is 0 Å². The Labute approximate surface area is 126 Å². The second-order valence-corrected chi connectivity index (χ2v) is 6.78. The van der Waals surface area contributed by atoms with Gasteiger partial charge in [0.2, 0.25) is 0 Å². The number of hydrogen-bond donors (Lipinski definition) is 3. The van der Waals surface area contributed by atoms with E-state index in [4.69, 9.17) is 0 Å². The molecule has 3 N–H and O–H groups in total. The second kappa shape index (κ2) is 6.47. The van der Waals surface area contributed by atoms with Gasteiger partial charge in [0.25, 0.3) is 0 Å². The number of likely N-dealkylation sites (tertiary alicyclic amines) is 1. The summed E-state index contributed by atoms with van der Waals surface area (Å²) in [4.78, 5) is 14.4. The molecule has 6 nitrogen and oxygen atoms in total. The quantitative estimate of drug-likeness (QED) is 0.795. The Morgan fingerprint density at radius 1 is 1.43 bits per heavy atom. The number of aryl methyl sites for hydroxylation is 1. The molecule has 0 atom stereocenters. The van der Waals surface area contributed by atoms with Crippen molar-refractivity contribution in [2.75, 3.05) is 13.1 Å². The van der Waals surface area contributed by atoms with Gasteiger partial charge >= 0.3 is 6.03 Å². The smallest absolute Gasteiger partial charge is 0.315 e. The molecular formula is C15H27N5O. The first-order valence-corrected chi connectivity index (χ1v) is 7.64. The monoisotopic (exact) mass is 293 g/mol. The molecule has 2 rings (SSSR count). The van der Waals surface area contributed by atoms with Crippen LogP contribution in [-0.4, -0.2) is 45.8 Å². The number of rotatable bonds is 3. The summed E-state index contributed by atoms with van der Waals surface area (Å²) in [7, 11) is 0. The van der Waals surface area contributed by atoms with Gasteiger partial charge in [0.05, 0.1) is 6.20 Å². The van der Waals surface area contributed by atoms with Crippen LogP contribution in [0.4, 0.5) is 4.79 Å². The van der Waals surface area contributed by atoms with Crippen molar-refractivity contribution in [3.63, 3.8) is 0 Å². The number of urea groups is 1. The van der Waals surface area contributed by atoms with E-state index in [1.54, 1.807) is 6.20 Å². The average molecular weight is 293 g/mol. The number of nitrogens with one attached hydrogen (secondary N) is 3. The molecule has 1 aliphatic rings. The van der Waals surface area contributed by atoms with Gasteiger partial charge < -0.3 is 10.6 Å². The zero-order valence-electron chi connectivity index (χ0n) is 13.5. The summed E-state index contributed by atoms with van der Waals surface area (Å²) in [5.74, 6) is 0. The van der Waals surface area contributed by atoms with Crippen LogP contribution < -0.4 is 10.6 Å². The van der Waals surface area contributed by atoms with Crippen molar-refractivity contribution in [3.8, 4) is 0 Å². The predicted octanol–water partition coefficient (Wildman–Crippen LogP) is 1.78. The summed E-state index contributed by atoms with van der Waals surface area (Å²) >= 11 is 0. The van der Waals surface area contributed by atoms with Crippen molar-refractivity contribution in [1.29, 1.82) is 0 Å². The Bertz CT molecular complexity index is 469. The lowest BCUT2D eigenvalue weighted by molar-refractivity contribution is 0.0978. The van der Waals surface area contributed by atoms with Crippen molar-refractivity contribution in [3.05, 3.63) is 17.5 Å². The number of piperidine rings is 1. The van der Waals surface area contributed by atoms with E-state index in [0.717, 1.165) is 37.2 Å². The molecule has 0 unspecified atom stereocenters. The van der Waals surface area contributed by atoms with Crippen LogP contribution in [-0.2, 0) is 6.54 Å². The van der Waals surface area contributed by atoms with Crippen molar-refractivity contribution in [2.24, 2.45) is 0 Å². The Morgan fingerprint density at radius 3 is 2.62 bits per heavy atom. The first-order chi connectivity index (χ1) is 9.86. The lowest BCUT2D eigenvalue weighted by Crippen LogP contribution is -2.52. The molecule has 0 radical (unpaired) electrons. The summed E-state index contributed by atoms with van der Waals surface area (Å²) < 4.78 is 0. The normalized spacial score (nSPS) is 17.7. The average Bonchev–Trinajstić information content (AvgIpc) is 2.81. The van der Waals surface area contributed by atoms with Gasteiger partial charge in [0.1, 0.15) is 0 Å². The molecule has 0 spiro atoms. The van der Waals surface area contributed by atoms with Crippen molar-refractivity contribution >= 4 is 6.03 Å². The van der Waals surface area contributed by atoms with Gasteiger partial charge in [0.15, 0.2) is 0 Å². The highest BCUT2D eigenvalue weighted by Crippen LogP contribution is 2.19. The third-order valence-electron chi connectivity index (χ3n) is 4.15. The van der Waals surface area contributed by atoms with Gasteiger partial charge in [-0.15, -0.1) is 0 Å². The maximum absolute atomic E-state index is 11.9. The first kappa shape index (κ1) is 15.8. The van der Waals surface area contributed by atoms with Gasteiger partial charge in [-0.1, -0.05) is 0 Å². The van der Waals surface area contributed by atoms with E-state index < -0.39 is 0 Å². The third kappa shape index (κ3) is 4.46. The van der Waals surface area contributed by atoms with Crippen LogP contribution in [0.5, 0.6) is 0 Å². The fourth-order valence-electron chi connectivity index (χ4n) is 2.66. The van der Waals surface area contributed by atoms with Gasteiger partial charge in [-0.2, -0.15) is 5.10 Å². The molecule has 1 aliphatic heterocycles. The number of amides is 2. The fourth-order valence-corrected chi connectivity index (χ4v) is 2.66. The zero-order chi connectivity index (χ0) is 15.5. The van der Waals surface area contributed by atoms with Crippen molar-refractivity contribution < 1.29 is 4.79 Å². The molecule has 118 valence electrons. The maximum Gasteiger partial charge on any atom is 0.315 e. The molecule has 1 saturated heterocycles. The van der Waals surface area contributed by atoms with E-state index in [2.05, 4.69) is 46.5 Å². The molecule has 21 heavy (non-hydrogen) atoms. The van der Waals surface area contributed by atoms with Crippen molar-refractivity contribution in [2.45, 2.75) is 58.7 Å². The number of hydrogen-bond acceptors (Lipinski definition) is 3. The highest BCUT2D eigenvalue weighted by Gasteiger charge is 2.27. The summed E-state index contributed by atoms with van der Waals surface area (Å²) in [6.07, 6.45) is 3.77. The van der Waals surface area contributed by atoms with Gasteiger partial charge in [-0.3, -0.25) is 10.00 Å². The number of carbonyl (C=O) groups excluding carboxylic acids is 1. The fraction of sp³-hybridized carbons (Fsp3) is 0.733. The van der Waals surface area contributed by atoms with Crippen LogP contribution >= 0.6 is 0 Å². The zero-order valence-corrected chi connectivity index (χ0v) is 13.5. The Morgan fingerprint density at radius 2 is 2.10 bits per heavy atom. The molecule has 0 saturated carbocycles. The summed E-state index contributed by atoms with van der Waals surface area (Å²) in [6, 6.07) is 0.179. The number of aromatic nitrogens is 2.